The predicted octanol–water partition coefficient (Wildman–Crippen LogP) is 1.34. The van der Waals surface area contributed by atoms with Crippen LogP contribution in [0.1, 0.15) is 33.6 Å². The molecule has 1 rings (SSSR count). The van der Waals surface area contributed by atoms with Crippen molar-refractivity contribution in [1.82, 2.24) is 5.32 Å². The van der Waals surface area contributed by atoms with Crippen molar-refractivity contribution in [3.8, 4) is 0 Å². The van der Waals surface area contributed by atoms with Gasteiger partial charge >= 0.3 is 5.97 Å². The molecule has 1 fully saturated rings. The smallest absolute Gasteiger partial charge is 0.331 e. The molecule has 1 saturated heterocycles. The molecule has 0 spiro atoms. The van der Waals surface area contributed by atoms with Gasteiger partial charge in [-0.25, -0.2) is 4.79 Å². The standard InChI is InChI=1S/C13H21NO4/c1-8(9(2)13(16)17)12(15)14-10(3)11-4-6-18-7-5-11/h10-11H,4-7H2,1-3H3,(H,14,15)(H,16,17). The topological polar surface area (TPSA) is 75.6 Å². The lowest BCUT2D eigenvalue weighted by molar-refractivity contribution is -0.133. The van der Waals surface area contributed by atoms with E-state index in [0.717, 1.165) is 26.1 Å². The Morgan fingerprint density at radius 2 is 1.78 bits per heavy atom. The number of nitrogens with one attached hydrogen (secondary N) is 1. The molecule has 18 heavy (non-hydrogen) atoms. The Kier molecular flexibility index (Phi) is 5.34. The maximum Gasteiger partial charge on any atom is 0.331 e. The summed E-state index contributed by atoms with van der Waals surface area (Å²) in [4.78, 5) is 22.7. The van der Waals surface area contributed by atoms with E-state index in [1.54, 1.807) is 0 Å². The van der Waals surface area contributed by atoms with Crippen LogP contribution < -0.4 is 5.32 Å². The van der Waals surface area contributed by atoms with Crippen LogP contribution in [0.25, 0.3) is 0 Å². The zero-order valence-corrected chi connectivity index (χ0v) is 11.2. The maximum absolute atomic E-state index is 11.9. The van der Waals surface area contributed by atoms with Gasteiger partial charge in [0.1, 0.15) is 0 Å². The van der Waals surface area contributed by atoms with Crippen LogP contribution in [0.4, 0.5) is 0 Å². The quantitative estimate of drug-likeness (QED) is 0.743. The molecule has 1 heterocycles. The van der Waals surface area contributed by atoms with Crippen LogP contribution in [0.15, 0.2) is 11.1 Å². The van der Waals surface area contributed by atoms with E-state index in [-0.39, 0.29) is 23.1 Å². The molecule has 0 aliphatic carbocycles. The normalized spacial score (nSPS) is 19.9. The van der Waals surface area contributed by atoms with Gasteiger partial charge in [-0.2, -0.15) is 0 Å². The molecule has 5 heteroatoms. The molecule has 2 N–H and O–H groups in total. The Bertz CT molecular complexity index is 356. The summed E-state index contributed by atoms with van der Waals surface area (Å²) in [7, 11) is 0. The second-order valence-electron chi connectivity index (χ2n) is 4.77. The van der Waals surface area contributed by atoms with Gasteiger partial charge in [0, 0.05) is 30.4 Å². The molecule has 1 unspecified atom stereocenters. The third-order valence-electron chi connectivity index (χ3n) is 3.56. The average Bonchev–Trinajstić information content (AvgIpc) is 2.37. The van der Waals surface area contributed by atoms with Crippen LogP contribution >= 0.6 is 0 Å². The predicted molar refractivity (Wildman–Crippen MR) is 67.2 cm³/mol. The van der Waals surface area contributed by atoms with Crippen LogP contribution in [0.5, 0.6) is 0 Å². The molecular weight excluding hydrogens is 234 g/mol. The highest BCUT2D eigenvalue weighted by atomic mass is 16.5. The van der Waals surface area contributed by atoms with E-state index in [0.29, 0.717) is 5.92 Å². The summed E-state index contributed by atoms with van der Waals surface area (Å²) in [6, 6.07) is 0.0398. The average molecular weight is 255 g/mol. The lowest BCUT2D eigenvalue weighted by Crippen LogP contribution is -2.41. The third kappa shape index (κ3) is 3.84. The van der Waals surface area contributed by atoms with Crippen LogP contribution in [-0.4, -0.2) is 36.2 Å². The lowest BCUT2D eigenvalue weighted by Gasteiger charge is -2.28. The highest BCUT2D eigenvalue weighted by Crippen LogP contribution is 2.19. The summed E-state index contributed by atoms with van der Waals surface area (Å²) in [6.45, 7) is 6.39. The first-order chi connectivity index (χ1) is 8.43. The Morgan fingerprint density at radius 3 is 2.28 bits per heavy atom. The fraction of sp³-hybridized carbons (Fsp3) is 0.692. The van der Waals surface area contributed by atoms with Gasteiger partial charge in [-0.15, -0.1) is 0 Å². The molecule has 0 bridgehead atoms. The van der Waals surface area contributed by atoms with Crippen molar-refractivity contribution in [1.29, 1.82) is 0 Å². The van der Waals surface area contributed by atoms with Crippen molar-refractivity contribution in [2.75, 3.05) is 13.2 Å². The number of carboxylic acid groups (broad SMARTS) is 1. The first-order valence-corrected chi connectivity index (χ1v) is 6.23. The van der Waals surface area contributed by atoms with Crippen LogP contribution in [0, 0.1) is 5.92 Å². The zero-order valence-electron chi connectivity index (χ0n) is 11.2. The number of hydrogen-bond donors (Lipinski definition) is 2. The van der Waals surface area contributed by atoms with Crippen molar-refractivity contribution in [3.05, 3.63) is 11.1 Å². The number of amides is 1. The van der Waals surface area contributed by atoms with E-state index < -0.39 is 5.97 Å². The third-order valence-corrected chi connectivity index (χ3v) is 3.56. The summed E-state index contributed by atoms with van der Waals surface area (Å²) < 4.78 is 5.27. The number of carbonyl (C=O) groups excluding carboxylic acids is 1. The molecule has 1 aliphatic rings. The van der Waals surface area contributed by atoms with Crippen LogP contribution in [0.2, 0.25) is 0 Å². The minimum Gasteiger partial charge on any atom is -0.478 e. The summed E-state index contributed by atoms with van der Waals surface area (Å²) >= 11 is 0. The molecule has 1 amide bonds. The first-order valence-electron chi connectivity index (χ1n) is 6.23. The van der Waals surface area contributed by atoms with E-state index in [2.05, 4.69) is 5.32 Å². The lowest BCUT2D eigenvalue weighted by atomic mass is 9.92. The maximum atomic E-state index is 11.9. The van der Waals surface area contributed by atoms with Gasteiger partial charge in [0.25, 0.3) is 0 Å². The second kappa shape index (κ2) is 6.54. The van der Waals surface area contributed by atoms with E-state index in [1.807, 2.05) is 6.92 Å². The Labute approximate surface area is 107 Å². The van der Waals surface area contributed by atoms with Gasteiger partial charge in [0.05, 0.1) is 0 Å². The molecule has 1 atom stereocenters. The number of aliphatic carboxylic acids is 1. The molecule has 1 aliphatic heterocycles. The molecule has 0 saturated carbocycles. The minimum atomic E-state index is -1.05. The minimum absolute atomic E-state index is 0.0398. The molecule has 5 nitrogen and oxygen atoms in total. The van der Waals surface area contributed by atoms with E-state index in [4.69, 9.17) is 9.84 Å². The Balaban J connectivity index is 2.58. The molecule has 0 aromatic rings. The highest BCUT2D eigenvalue weighted by Gasteiger charge is 2.23. The number of carbonyl (C=O) groups is 2. The zero-order chi connectivity index (χ0) is 13.7. The van der Waals surface area contributed by atoms with E-state index in [1.165, 1.54) is 13.8 Å². The Hall–Kier alpha value is -1.36. The number of carboxylic acids is 1. The Morgan fingerprint density at radius 1 is 1.22 bits per heavy atom. The van der Waals surface area contributed by atoms with Gasteiger partial charge < -0.3 is 15.2 Å². The summed E-state index contributed by atoms with van der Waals surface area (Å²) in [5, 5.41) is 11.7. The number of hydrogen-bond acceptors (Lipinski definition) is 3. The van der Waals surface area contributed by atoms with Gasteiger partial charge in [-0.1, -0.05) is 0 Å². The van der Waals surface area contributed by atoms with Crippen molar-refractivity contribution in [3.63, 3.8) is 0 Å². The number of rotatable bonds is 4. The van der Waals surface area contributed by atoms with Gasteiger partial charge in [-0.3, -0.25) is 4.79 Å². The van der Waals surface area contributed by atoms with Crippen LogP contribution in [-0.2, 0) is 14.3 Å². The monoisotopic (exact) mass is 255 g/mol. The van der Waals surface area contributed by atoms with Gasteiger partial charge in [0.2, 0.25) is 5.91 Å². The largest absolute Gasteiger partial charge is 0.478 e. The summed E-state index contributed by atoms with van der Waals surface area (Å²) in [5.41, 5.74) is 0.355. The molecule has 0 aromatic heterocycles. The molecule has 102 valence electrons. The van der Waals surface area contributed by atoms with Crippen molar-refractivity contribution < 1.29 is 19.4 Å². The molecular formula is C13H21NO4. The van der Waals surface area contributed by atoms with Crippen molar-refractivity contribution in [2.45, 2.75) is 39.7 Å². The van der Waals surface area contributed by atoms with Gasteiger partial charge in [-0.05, 0) is 39.5 Å². The molecule has 0 aromatic carbocycles. The summed E-state index contributed by atoms with van der Waals surface area (Å²) in [5.74, 6) is -0.948. The fourth-order valence-electron chi connectivity index (χ4n) is 1.98. The van der Waals surface area contributed by atoms with E-state index in [9.17, 15) is 9.59 Å². The number of ether oxygens (including phenoxy) is 1. The van der Waals surface area contributed by atoms with Crippen molar-refractivity contribution >= 4 is 11.9 Å². The first kappa shape index (κ1) is 14.7. The van der Waals surface area contributed by atoms with Crippen LogP contribution in [0.3, 0.4) is 0 Å². The SMILES string of the molecule is CC(C(=O)O)=C(C)C(=O)NC(C)C1CCOCC1. The second-order valence-corrected chi connectivity index (χ2v) is 4.77. The molecule has 0 radical (unpaired) electrons. The fourth-order valence-corrected chi connectivity index (χ4v) is 1.98. The van der Waals surface area contributed by atoms with Gasteiger partial charge in [0.15, 0.2) is 0 Å². The van der Waals surface area contributed by atoms with E-state index >= 15 is 0 Å². The highest BCUT2D eigenvalue weighted by molar-refractivity contribution is 6.01. The summed E-state index contributed by atoms with van der Waals surface area (Å²) in [6.07, 6.45) is 1.87. The van der Waals surface area contributed by atoms with Crippen molar-refractivity contribution in [2.24, 2.45) is 5.92 Å².